The van der Waals surface area contributed by atoms with Crippen LogP contribution in [0.25, 0.3) is 0 Å². The molecule has 4 heteroatoms. The molecule has 0 aliphatic rings. The van der Waals surface area contributed by atoms with Crippen LogP contribution < -0.4 is 11.1 Å². The quantitative estimate of drug-likeness (QED) is 0.777. The van der Waals surface area contributed by atoms with Crippen LogP contribution in [0, 0.1) is 6.92 Å². The number of thiophene rings is 1. The van der Waals surface area contributed by atoms with Gasteiger partial charge in [0, 0.05) is 26.5 Å². The van der Waals surface area contributed by atoms with Crippen molar-refractivity contribution in [2.45, 2.75) is 39.2 Å². The van der Waals surface area contributed by atoms with E-state index in [-0.39, 0.29) is 11.5 Å². The first-order valence-electron chi connectivity index (χ1n) is 7.14. The van der Waals surface area contributed by atoms with E-state index in [0.29, 0.717) is 6.54 Å². The minimum atomic E-state index is 0.143. The smallest absolute Gasteiger partial charge is 0.0729 e. The lowest BCUT2D eigenvalue weighted by molar-refractivity contribution is 0.604. The molecule has 3 N–H and O–H groups in total. The van der Waals surface area contributed by atoms with E-state index in [0.717, 1.165) is 10.2 Å². The van der Waals surface area contributed by atoms with Gasteiger partial charge in [-0.25, -0.2) is 0 Å². The second-order valence-electron chi connectivity index (χ2n) is 6.37. The number of anilines is 1. The van der Waals surface area contributed by atoms with Gasteiger partial charge >= 0.3 is 0 Å². The highest BCUT2D eigenvalue weighted by Crippen LogP contribution is 2.34. The molecule has 21 heavy (non-hydrogen) atoms. The Balaban J connectivity index is 2.24. The zero-order chi connectivity index (χ0) is 15.6. The summed E-state index contributed by atoms with van der Waals surface area (Å²) in [5.74, 6) is 0. The Morgan fingerprint density at radius 3 is 2.52 bits per heavy atom. The molecular weight excluding hydrogens is 344 g/mol. The topological polar surface area (TPSA) is 38.0 Å². The fourth-order valence-corrected chi connectivity index (χ4v) is 3.62. The number of nitrogens with two attached hydrogens (primary N) is 1. The monoisotopic (exact) mass is 366 g/mol. The third kappa shape index (κ3) is 4.09. The predicted octanol–water partition coefficient (Wildman–Crippen LogP) is 5.23. The average molecular weight is 367 g/mol. The number of nitrogens with one attached hydrogen (secondary N) is 1. The van der Waals surface area contributed by atoms with Crippen molar-refractivity contribution in [3.05, 3.63) is 50.1 Å². The summed E-state index contributed by atoms with van der Waals surface area (Å²) in [6, 6.07) is 10.9. The maximum absolute atomic E-state index is 5.99. The van der Waals surface area contributed by atoms with Crippen LogP contribution in [0.3, 0.4) is 0 Å². The number of benzene rings is 1. The molecule has 0 spiro atoms. The van der Waals surface area contributed by atoms with Crippen molar-refractivity contribution in [1.82, 2.24) is 0 Å². The summed E-state index contributed by atoms with van der Waals surface area (Å²) in [7, 11) is 0. The molecule has 2 nitrogen and oxygen atoms in total. The Morgan fingerprint density at radius 1 is 1.24 bits per heavy atom. The number of hydrogen-bond acceptors (Lipinski definition) is 3. The van der Waals surface area contributed by atoms with E-state index in [4.69, 9.17) is 5.73 Å². The van der Waals surface area contributed by atoms with Crippen LogP contribution in [0.15, 0.2) is 34.8 Å². The molecule has 0 saturated carbocycles. The van der Waals surface area contributed by atoms with Crippen molar-refractivity contribution >= 4 is 33.0 Å². The molecule has 1 unspecified atom stereocenters. The van der Waals surface area contributed by atoms with Gasteiger partial charge in [-0.2, -0.15) is 0 Å². The standard InChI is InChI=1S/C17H23BrN2S/c1-11-5-6-12(18)13(9-11)20-14(10-19)15-7-8-16(21-15)17(2,3)4/h5-9,14,20H,10,19H2,1-4H3. The first-order chi connectivity index (χ1) is 9.81. The van der Waals surface area contributed by atoms with Crippen LogP contribution in [0.2, 0.25) is 0 Å². The Bertz CT molecular complexity index is 613. The third-order valence-corrected chi connectivity index (χ3v) is 5.71. The normalized spacial score (nSPS) is 13.2. The maximum Gasteiger partial charge on any atom is 0.0729 e. The molecule has 0 radical (unpaired) electrons. The summed E-state index contributed by atoms with van der Waals surface area (Å²) >= 11 is 5.44. The summed E-state index contributed by atoms with van der Waals surface area (Å²) < 4.78 is 1.07. The molecule has 0 bridgehead atoms. The van der Waals surface area contributed by atoms with Crippen LogP contribution in [-0.4, -0.2) is 6.54 Å². The van der Waals surface area contributed by atoms with Gasteiger partial charge in [-0.1, -0.05) is 26.8 Å². The largest absolute Gasteiger partial charge is 0.375 e. The van der Waals surface area contributed by atoms with Crippen LogP contribution in [0.4, 0.5) is 5.69 Å². The predicted molar refractivity (Wildman–Crippen MR) is 97.3 cm³/mol. The van der Waals surface area contributed by atoms with Crippen molar-refractivity contribution in [2.24, 2.45) is 5.73 Å². The third-order valence-electron chi connectivity index (χ3n) is 3.40. The molecule has 1 aromatic heterocycles. The van der Waals surface area contributed by atoms with Gasteiger partial charge in [0.1, 0.15) is 0 Å². The van der Waals surface area contributed by atoms with Gasteiger partial charge in [0.25, 0.3) is 0 Å². The molecule has 0 amide bonds. The average Bonchev–Trinajstić information content (AvgIpc) is 2.89. The molecule has 1 atom stereocenters. The van der Waals surface area contributed by atoms with Crippen molar-refractivity contribution in [1.29, 1.82) is 0 Å². The molecule has 2 rings (SSSR count). The van der Waals surface area contributed by atoms with E-state index in [1.807, 2.05) is 11.3 Å². The fraction of sp³-hybridized carbons (Fsp3) is 0.412. The van der Waals surface area contributed by atoms with Crippen molar-refractivity contribution in [3.63, 3.8) is 0 Å². The summed E-state index contributed by atoms with van der Waals surface area (Å²) in [4.78, 5) is 2.68. The van der Waals surface area contributed by atoms with Crippen LogP contribution in [0.5, 0.6) is 0 Å². The molecular formula is C17H23BrN2S. The van der Waals surface area contributed by atoms with E-state index in [1.54, 1.807) is 0 Å². The van der Waals surface area contributed by atoms with E-state index in [1.165, 1.54) is 15.3 Å². The van der Waals surface area contributed by atoms with E-state index in [2.05, 4.69) is 79.3 Å². The van der Waals surface area contributed by atoms with Crippen molar-refractivity contribution < 1.29 is 0 Å². The van der Waals surface area contributed by atoms with Gasteiger partial charge in [0.2, 0.25) is 0 Å². The lowest BCUT2D eigenvalue weighted by Gasteiger charge is -2.19. The lowest BCUT2D eigenvalue weighted by atomic mass is 9.95. The highest BCUT2D eigenvalue weighted by Gasteiger charge is 2.19. The summed E-state index contributed by atoms with van der Waals surface area (Å²) in [6.07, 6.45) is 0. The number of rotatable bonds is 4. The molecule has 0 aliphatic carbocycles. The minimum absolute atomic E-state index is 0.143. The Kier molecular flexibility index (Phi) is 5.12. The second-order valence-corrected chi connectivity index (χ2v) is 8.34. The zero-order valence-corrected chi connectivity index (χ0v) is 15.4. The molecule has 0 aliphatic heterocycles. The highest BCUT2D eigenvalue weighted by molar-refractivity contribution is 9.10. The first kappa shape index (κ1) is 16.5. The molecule has 1 aromatic carbocycles. The van der Waals surface area contributed by atoms with Crippen LogP contribution in [0.1, 0.15) is 42.1 Å². The Hall–Kier alpha value is -0.840. The summed E-state index contributed by atoms with van der Waals surface area (Å²) in [5, 5.41) is 3.56. The molecule has 0 fully saturated rings. The molecule has 1 heterocycles. The minimum Gasteiger partial charge on any atom is -0.375 e. The van der Waals surface area contributed by atoms with Crippen LogP contribution in [-0.2, 0) is 5.41 Å². The molecule has 114 valence electrons. The van der Waals surface area contributed by atoms with Crippen molar-refractivity contribution in [2.75, 3.05) is 11.9 Å². The summed E-state index contributed by atoms with van der Waals surface area (Å²) in [6.45, 7) is 9.39. The maximum atomic E-state index is 5.99. The number of halogens is 1. The Morgan fingerprint density at radius 2 is 1.95 bits per heavy atom. The number of hydrogen-bond donors (Lipinski definition) is 2. The second kappa shape index (κ2) is 6.51. The van der Waals surface area contributed by atoms with Crippen molar-refractivity contribution in [3.8, 4) is 0 Å². The van der Waals surface area contributed by atoms with Gasteiger partial charge in [-0.05, 0) is 58.1 Å². The van der Waals surface area contributed by atoms with Gasteiger partial charge in [-0.15, -0.1) is 11.3 Å². The Labute approximate surface area is 139 Å². The molecule has 0 saturated heterocycles. The zero-order valence-electron chi connectivity index (χ0n) is 13.0. The fourth-order valence-electron chi connectivity index (χ4n) is 2.13. The first-order valence-corrected chi connectivity index (χ1v) is 8.75. The van der Waals surface area contributed by atoms with E-state index < -0.39 is 0 Å². The highest BCUT2D eigenvalue weighted by atomic mass is 79.9. The SMILES string of the molecule is Cc1ccc(Br)c(NC(CN)c2ccc(C(C)(C)C)s2)c1. The van der Waals surface area contributed by atoms with E-state index >= 15 is 0 Å². The lowest BCUT2D eigenvalue weighted by Crippen LogP contribution is -2.20. The van der Waals surface area contributed by atoms with Gasteiger partial charge in [0.15, 0.2) is 0 Å². The van der Waals surface area contributed by atoms with E-state index in [9.17, 15) is 0 Å². The number of aryl methyl sites for hydroxylation is 1. The van der Waals surface area contributed by atoms with Gasteiger partial charge in [-0.3, -0.25) is 0 Å². The van der Waals surface area contributed by atoms with Gasteiger partial charge in [0.05, 0.1) is 6.04 Å². The molecule has 2 aromatic rings. The van der Waals surface area contributed by atoms with Gasteiger partial charge < -0.3 is 11.1 Å². The van der Waals surface area contributed by atoms with Crippen LogP contribution >= 0.6 is 27.3 Å². The summed E-state index contributed by atoms with van der Waals surface area (Å²) in [5.41, 5.74) is 8.50.